The quantitative estimate of drug-likeness (QED) is 0.599. The van der Waals surface area contributed by atoms with E-state index in [9.17, 15) is 9.90 Å². The largest absolute Gasteiger partial charge is 0.493 e. The van der Waals surface area contributed by atoms with Gasteiger partial charge in [0.2, 0.25) is 5.75 Å². The number of H-pyrrole nitrogens is 1. The molecule has 2 aromatic heterocycles. The van der Waals surface area contributed by atoms with E-state index < -0.39 is 11.5 Å². The Kier molecular flexibility index (Phi) is 5.11. The van der Waals surface area contributed by atoms with Crippen LogP contribution in [0.1, 0.15) is 36.5 Å². The van der Waals surface area contributed by atoms with Gasteiger partial charge in [0.1, 0.15) is 5.52 Å². The highest BCUT2D eigenvalue weighted by Crippen LogP contribution is 2.43. The Morgan fingerprint density at radius 1 is 1.20 bits per heavy atom. The van der Waals surface area contributed by atoms with E-state index in [0.29, 0.717) is 58.9 Å². The van der Waals surface area contributed by atoms with Crippen molar-refractivity contribution in [3.05, 3.63) is 30.1 Å². The number of carbonyl (C=O) groups is 1. The number of nitrogens with one attached hydrogen (secondary N) is 1. The number of aliphatic hydroxyl groups is 1. The van der Waals surface area contributed by atoms with Gasteiger partial charge in [-0.25, -0.2) is 9.97 Å². The normalized spacial score (nSPS) is 21.0. The lowest BCUT2D eigenvalue weighted by Crippen LogP contribution is -2.25. The smallest absolute Gasteiger partial charge is 0.203 e. The summed E-state index contributed by atoms with van der Waals surface area (Å²) >= 11 is 0. The van der Waals surface area contributed by atoms with Gasteiger partial charge in [-0.2, -0.15) is 0 Å². The van der Waals surface area contributed by atoms with Crippen molar-refractivity contribution in [1.82, 2.24) is 15.0 Å². The van der Waals surface area contributed by atoms with Crippen LogP contribution in [0.2, 0.25) is 0 Å². The van der Waals surface area contributed by atoms with E-state index in [1.54, 1.807) is 45.9 Å². The van der Waals surface area contributed by atoms with E-state index >= 15 is 0 Å². The summed E-state index contributed by atoms with van der Waals surface area (Å²) < 4.78 is 16.2. The molecule has 1 fully saturated rings. The number of hydrogen-bond acceptors (Lipinski definition) is 7. The first-order valence-electron chi connectivity index (χ1n) is 9.77. The van der Waals surface area contributed by atoms with Crippen molar-refractivity contribution < 1.29 is 24.1 Å². The minimum absolute atomic E-state index is 0.0263. The van der Waals surface area contributed by atoms with Crippen molar-refractivity contribution in [1.29, 1.82) is 0 Å². The van der Waals surface area contributed by atoms with E-state index in [1.807, 2.05) is 6.92 Å². The maximum atomic E-state index is 13.3. The van der Waals surface area contributed by atoms with Gasteiger partial charge in [0.15, 0.2) is 22.9 Å². The fraction of sp³-hybridized carbons (Fsp3) is 0.409. The highest BCUT2D eigenvalue weighted by Gasteiger charge is 2.42. The van der Waals surface area contributed by atoms with Gasteiger partial charge in [-0.3, -0.25) is 4.79 Å². The van der Waals surface area contributed by atoms with Crippen LogP contribution in [-0.4, -0.2) is 53.3 Å². The van der Waals surface area contributed by atoms with Gasteiger partial charge < -0.3 is 24.3 Å². The van der Waals surface area contributed by atoms with E-state index in [0.717, 1.165) is 5.56 Å². The summed E-state index contributed by atoms with van der Waals surface area (Å²) in [7, 11) is 4.65. The lowest BCUT2D eigenvalue weighted by atomic mass is 9.81. The third-order valence-corrected chi connectivity index (χ3v) is 5.85. The Bertz CT molecular complexity index is 1080. The van der Waals surface area contributed by atoms with Gasteiger partial charge in [-0.1, -0.05) is 6.92 Å². The van der Waals surface area contributed by atoms with E-state index in [1.165, 1.54) is 0 Å². The van der Waals surface area contributed by atoms with E-state index in [-0.39, 0.29) is 5.78 Å². The Labute approximate surface area is 174 Å². The first-order valence-corrected chi connectivity index (χ1v) is 9.77. The summed E-state index contributed by atoms with van der Waals surface area (Å²) in [6.07, 6.45) is 4.59. The monoisotopic (exact) mass is 411 g/mol. The van der Waals surface area contributed by atoms with Crippen molar-refractivity contribution in [3.63, 3.8) is 0 Å². The average Bonchev–Trinajstić information content (AvgIpc) is 3.34. The number of methoxy groups -OCH3 is 3. The molecule has 1 aliphatic carbocycles. The number of ketones is 1. The molecule has 1 saturated carbocycles. The molecule has 2 atom stereocenters. The molecule has 3 aromatic rings. The molecular formula is C22H25N3O5. The average molecular weight is 411 g/mol. The number of carbonyl (C=O) groups excluding carboxylic acids is 1. The number of nitrogens with zero attached hydrogens (tertiary/aromatic N) is 2. The molecule has 1 aromatic carbocycles. The number of hydrogen-bond donors (Lipinski definition) is 2. The second-order valence-electron chi connectivity index (χ2n) is 7.86. The molecule has 4 rings (SSSR count). The molecule has 0 saturated heterocycles. The van der Waals surface area contributed by atoms with E-state index in [4.69, 9.17) is 19.2 Å². The third kappa shape index (κ3) is 3.27. The summed E-state index contributed by atoms with van der Waals surface area (Å²) in [5, 5.41) is 9.94. The number of ether oxygens (including phenoxy) is 3. The van der Waals surface area contributed by atoms with Crippen LogP contribution in [-0.2, 0) is 0 Å². The topological polar surface area (TPSA) is 107 Å². The van der Waals surface area contributed by atoms with Crippen LogP contribution < -0.4 is 14.2 Å². The van der Waals surface area contributed by atoms with Crippen molar-refractivity contribution in [2.45, 2.75) is 32.3 Å². The Morgan fingerprint density at radius 2 is 1.90 bits per heavy atom. The lowest BCUT2D eigenvalue weighted by Gasteiger charge is -2.21. The third-order valence-electron chi connectivity index (χ3n) is 5.85. The zero-order valence-electron chi connectivity index (χ0n) is 17.5. The van der Waals surface area contributed by atoms with Gasteiger partial charge in [-0.15, -0.1) is 0 Å². The second kappa shape index (κ2) is 7.60. The summed E-state index contributed by atoms with van der Waals surface area (Å²) in [6, 6.07) is 3.58. The standard InChI is InChI=1S/C22H25N3O5/c1-22(6-5-13(26)9-22)20(27)14-10-23-21-18(14)25-15(11-24-21)12-7-16(28-2)19(30-4)17(8-12)29-3/h7-8,10-11,13,26H,5-6,9H2,1-4H3,(H,23,24). The summed E-state index contributed by atoms with van der Waals surface area (Å²) in [6.45, 7) is 1.90. The second-order valence-corrected chi connectivity index (χ2v) is 7.86. The van der Waals surface area contributed by atoms with Crippen LogP contribution in [0.5, 0.6) is 17.2 Å². The van der Waals surface area contributed by atoms with Crippen molar-refractivity contribution in [2.75, 3.05) is 21.3 Å². The van der Waals surface area contributed by atoms with Gasteiger partial charge in [-0.05, 0) is 31.4 Å². The number of aromatic nitrogens is 3. The van der Waals surface area contributed by atoms with Gasteiger partial charge in [0.05, 0.1) is 44.9 Å². The summed E-state index contributed by atoms with van der Waals surface area (Å²) in [4.78, 5) is 25.5. The van der Waals surface area contributed by atoms with Crippen molar-refractivity contribution in [2.24, 2.45) is 5.41 Å². The highest BCUT2D eigenvalue weighted by molar-refractivity contribution is 6.09. The number of benzene rings is 1. The van der Waals surface area contributed by atoms with Crippen LogP contribution in [0, 0.1) is 5.41 Å². The van der Waals surface area contributed by atoms with Crippen LogP contribution in [0.3, 0.4) is 0 Å². The van der Waals surface area contributed by atoms with Crippen molar-refractivity contribution in [3.8, 4) is 28.5 Å². The molecule has 0 radical (unpaired) electrons. The molecule has 2 heterocycles. The van der Waals surface area contributed by atoms with Crippen LogP contribution in [0.15, 0.2) is 24.5 Å². The zero-order valence-corrected chi connectivity index (χ0v) is 17.5. The first-order chi connectivity index (χ1) is 14.4. The fourth-order valence-corrected chi connectivity index (χ4v) is 4.17. The number of fused-ring (bicyclic) bond motifs is 1. The number of aromatic amines is 1. The maximum absolute atomic E-state index is 13.3. The van der Waals surface area contributed by atoms with E-state index in [2.05, 4.69) is 9.97 Å². The van der Waals surface area contributed by atoms with Crippen LogP contribution in [0.4, 0.5) is 0 Å². The molecule has 158 valence electrons. The summed E-state index contributed by atoms with van der Waals surface area (Å²) in [5.74, 6) is 1.47. The molecule has 30 heavy (non-hydrogen) atoms. The molecule has 0 amide bonds. The Hall–Kier alpha value is -3.13. The molecular weight excluding hydrogens is 386 g/mol. The van der Waals surface area contributed by atoms with Gasteiger partial charge >= 0.3 is 0 Å². The minimum atomic E-state index is -0.598. The van der Waals surface area contributed by atoms with Crippen LogP contribution >= 0.6 is 0 Å². The lowest BCUT2D eigenvalue weighted by molar-refractivity contribution is 0.0793. The van der Waals surface area contributed by atoms with Crippen molar-refractivity contribution >= 4 is 16.9 Å². The molecule has 0 aliphatic heterocycles. The summed E-state index contributed by atoms with van der Waals surface area (Å²) in [5.41, 5.74) is 2.24. The van der Waals surface area contributed by atoms with Crippen LogP contribution in [0.25, 0.3) is 22.4 Å². The van der Waals surface area contributed by atoms with Gasteiger partial charge in [0.25, 0.3) is 0 Å². The number of Topliss-reactive ketones (excluding diaryl/α,β-unsaturated/α-hetero) is 1. The number of aliphatic hydroxyl groups excluding tert-OH is 1. The highest BCUT2D eigenvalue weighted by atomic mass is 16.5. The predicted octanol–water partition coefficient (Wildman–Crippen LogP) is 3.38. The molecule has 8 nitrogen and oxygen atoms in total. The molecule has 8 heteroatoms. The molecule has 1 aliphatic rings. The zero-order chi connectivity index (χ0) is 21.5. The minimum Gasteiger partial charge on any atom is -0.493 e. The molecule has 2 N–H and O–H groups in total. The molecule has 0 spiro atoms. The Balaban J connectivity index is 1.80. The SMILES string of the molecule is COc1cc(-c2cnc3[nH]cc(C(=O)C4(C)CCC(O)C4)c3n2)cc(OC)c1OC. The molecule has 2 unspecified atom stereocenters. The maximum Gasteiger partial charge on any atom is 0.203 e. The first kappa shape index (κ1) is 20.2. The Morgan fingerprint density at radius 3 is 2.47 bits per heavy atom. The predicted molar refractivity (Wildman–Crippen MR) is 111 cm³/mol. The van der Waals surface area contributed by atoms with Gasteiger partial charge in [0, 0.05) is 17.2 Å². The number of rotatable bonds is 6. The molecule has 0 bridgehead atoms. The fourth-order valence-electron chi connectivity index (χ4n) is 4.17.